The van der Waals surface area contributed by atoms with Gasteiger partial charge in [-0.3, -0.25) is 0 Å². The van der Waals surface area contributed by atoms with Crippen molar-refractivity contribution in [1.82, 2.24) is 0 Å². The number of rotatable bonds is 5. The molecule has 90 valence electrons. The van der Waals surface area contributed by atoms with Crippen molar-refractivity contribution in [3.05, 3.63) is 29.3 Å². The van der Waals surface area contributed by atoms with Crippen molar-refractivity contribution < 1.29 is 4.74 Å². The second kappa shape index (κ2) is 5.35. The molecular formula is C14H23NO. The SMILES string of the molecule is CCOc1ccc(C(C)(C)CCN)c(C)c1. The van der Waals surface area contributed by atoms with E-state index in [1.807, 2.05) is 13.0 Å². The van der Waals surface area contributed by atoms with Crippen molar-refractivity contribution in [2.75, 3.05) is 13.2 Å². The maximum atomic E-state index is 5.65. The standard InChI is InChI=1S/C14H23NO/c1-5-16-12-6-7-13(11(2)10-12)14(3,4)8-9-15/h6-7,10H,5,8-9,15H2,1-4H3. The maximum Gasteiger partial charge on any atom is 0.119 e. The average molecular weight is 221 g/mol. The van der Waals surface area contributed by atoms with Crippen LogP contribution in [-0.4, -0.2) is 13.2 Å². The number of benzene rings is 1. The molecule has 0 aliphatic rings. The fraction of sp³-hybridized carbons (Fsp3) is 0.571. The van der Waals surface area contributed by atoms with Crippen LogP contribution in [0, 0.1) is 6.92 Å². The Balaban J connectivity index is 2.98. The lowest BCUT2D eigenvalue weighted by atomic mass is 9.79. The Hall–Kier alpha value is -1.02. The summed E-state index contributed by atoms with van der Waals surface area (Å²) in [7, 11) is 0. The summed E-state index contributed by atoms with van der Waals surface area (Å²) >= 11 is 0. The van der Waals surface area contributed by atoms with Gasteiger partial charge in [0, 0.05) is 0 Å². The van der Waals surface area contributed by atoms with Crippen molar-refractivity contribution in [3.63, 3.8) is 0 Å². The highest BCUT2D eigenvalue weighted by Gasteiger charge is 2.21. The van der Waals surface area contributed by atoms with E-state index in [-0.39, 0.29) is 5.41 Å². The molecule has 1 aromatic carbocycles. The highest BCUT2D eigenvalue weighted by molar-refractivity contribution is 5.38. The van der Waals surface area contributed by atoms with Crippen LogP contribution in [0.3, 0.4) is 0 Å². The summed E-state index contributed by atoms with van der Waals surface area (Å²) in [5.41, 5.74) is 8.44. The third-order valence-electron chi connectivity index (χ3n) is 3.01. The first-order chi connectivity index (χ1) is 7.51. The zero-order valence-corrected chi connectivity index (χ0v) is 10.8. The summed E-state index contributed by atoms with van der Waals surface area (Å²) in [6.45, 7) is 10.0. The van der Waals surface area contributed by atoms with Gasteiger partial charge in [-0.2, -0.15) is 0 Å². The van der Waals surface area contributed by atoms with Gasteiger partial charge in [-0.15, -0.1) is 0 Å². The van der Waals surface area contributed by atoms with E-state index < -0.39 is 0 Å². The van der Waals surface area contributed by atoms with Crippen LogP contribution >= 0.6 is 0 Å². The normalized spacial score (nSPS) is 11.6. The fourth-order valence-corrected chi connectivity index (χ4v) is 2.15. The van der Waals surface area contributed by atoms with E-state index >= 15 is 0 Å². The van der Waals surface area contributed by atoms with E-state index in [0.717, 1.165) is 18.7 Å². The molecule has 0 aliphatic heterocycles. The molecule has 0 aliphatic carbocycles. The van der Waals surface area contributed by atoms with Crippen LogP contribution in [0.2, 0.25) is 0 Å². The lowest BCUT2D eigenvalue weighted by Gasteiger charge is -2.26. The van der Waals surface area contributed by atoms with Gasteiger partial charge >= 0.3 is 0 Å². The highest BCUT2D eigenvalue weighted by atomic mass is 16.5. The van der Waals surface area contributed by atoms with Gasteiger partial charge in [0.25, 0.3) is 0 Å². The maximum absolute atomic E-state index is 5.65. The molecule has 0 unspecified atom stereocenters. The molecule has 1 aromatic rings. The van der Waals surface area contributed by atoms with Crippen LogP contribution in [0.5, 0.6) is 5.75 Å². The first kappa shape index (κ1) is 13.0. The molecule has 0 saturated heterocycles. The molecule has 16 heavy (non-hydrogen) atoms. The van der Waals surface area contributed by atoms with Crippen LogP contribution in [0.4, 0.5) is 0 Å². The smallest absolute Gasteiger partial charge is 0.119 e. The van der Waals surface area contributed by atoms with Gasteiger partial charge in [-0.05, 0) is 55.5 Å². The zero-order chi connectivity index (χ0) is 12.2. The van der Waals surface area contributed by atoms with E-state index in [0.29, 0.717) is 6.61 Å². The summed E-state index contributed by atoms with van der Waals surface area (Å²) in [5.74, 6) is 0.951. The molecule has 0 bridgehead atoms. The minimum Gasteiger partial charge on any atom is -0.494 e. The van der Waals surface area contributed by atoms with Gasteiger partial charge in [0.1, 0.15) is 5.75 Å². The second-order valence-electron chi connectivity index (χ2n) is 4.83. The second-order valence-corrected chi connectivity index (χ2v) is 4.83. The summed E-state index contributed by atoms with van der Waals surface area (Å²) in [5, 5.41) is 0. The van der Waals surface area contributed by atoms with E-state index in [1.165, 1.54) is 11.1 Å². The zero-order valence-electron chi connectivity index (χ0n) is 10.8. The van der Waals surface area contributed by atoms with Gasteiger partial charge < -0.3 is 10.5 Å². The summed E-state index contributed by atoms with van der Waals surface area (Å²) in [6, 6.07) is 6.32. The Bertz CT molecular complexity index is 345. The summed E-state index contributed by atoms with van der Waals surface area (Å²) < 4.78 is 5.49. The van der Waals surface area contributed by atoms with E-state index in [1.54, 1.807) is 0 Å². The largest absolute Gasteiger partial charge is 0.494 e. The Morgan fingerprint density at radius 2 is 2.00 bits per heavy atom. The van der Waals surface area contributed by atoms with Crippen LogP contribution < -0.4 is 10.5 Å². The topological polar surface area (TPSA) is 35.2 Å². The third kappa shape index (κ3) is 2.99. The Morgan fingerprint density at radius 1 is 1.31 bits per heavy atom. The number of aryl methyl sites for hydroxylation is 1. The fourth-order valence-electron chi connectivity index (χ4n) is 2.15. The van der Waals surface area contributed by atoms with Crippen LogP contribution in [0.25, 0.3) is 0 Å². The molecule has 0 atom stereocenters. The highest BCUT2D eigenvalue weighted by Crippen LogP contribution is 2.31. The molecule has 0 saturated carbocycles. The molecule has 1 rings (SSSR count). The van der Waals surface area contributed by atoms with Crippen molar-refractivity contribution in [3.8, 4) is 5.75 Å². The van der Waals surface area contributed by atoms with Gasteiger partial charge in [-0.25, -0.2) is 0 Å². The Morgan fingerprint density at radius 3 is 2.50 bits per heavy atom. The Kier molecular flexibility index (Phi) is 4.36. The predicted octanol–water partition coefficient (Wildman–Crippen LogP) is 3.02. The molecule has 0 heterocycles. The lowest BCUT2D eigenvalue weighted by Crippen LogP contribution is -2.22. The molecule has 0 fully saturated rings. The number of ether oxygens (including phenoxy) is 1. The number of hydrogen-bond acceptors (Lipinski definition) is 2. The first-order valence-electron chi connectivity index (χ1n) is 5.95. The Labute approximate surface area is 98.8 Å². The molecule has 2 N–H and O–H groups in total. The molecule has 0 aromatic heterocycles. The third-order valence-corrected chi connectivity index (χ3v) is 3.01. The van der Waals surface area contributed by atoms with Crippen LogP contribution in [0.15, 0.2) is 18.2 Å². The van der Waals surface area contributed by atoms with Gasteiger partial charge in [0.2, 0.25) is 0 Å². The van der Waals surface area contributed by atoms with Gasteiger partial charge in [-0.1, -0.05) is 19.9 Å². The minimum atomic E-state index is 0.142. The van der Waals surface area contributed by atoms with Gasteiger partial charge in [0.15, 0.2) is 0 Å². The van der Waals surface area contributed by atoms with Crippen molar-refractivity contribution in [2.24, 2.45) is 5.73 Å². The van der Waals surface area contributed by atoms with E-state index in [4.69, 9.17) is 10.5 Å². The van der Waals surface area contributed by atoms with E-state index in [2.05, 4.69) is 32.9 Å². The quantitative estimate of drug-likeness (QED) is 0.829. The predicted molar refractivity (Wildman–Crippen MR) is 69.0 cm³/mol. The van der Waals surface area contributed by atoms with Crippen LogP contribution in [-0.2, 0) is 5.41 Å². The molecule has 0 radical (unpaired) electrons. The molecule has 2 nitrogen and oxygen atoms in total. The number of hydrogen-bond donors (Lipinski definition) is 1. The first-order valence-corrected chi connectivity index (χ1v) is 5.95. The summed E-state index contributed by atoms with van der Waals surface area (Å²) in [6.07, 6.45) is 1.00. The van der Waals surface area contributed by atoms with Crippen molar-refractivity contribution in [1.29, 1.82) is 0 Å². The molecule has 0 amide bonds. The minimum absolute atomic E-state index is 0.142. The van der Waals surface area contributed by atoms with E-state index in [9.17, 15) is 0 Å². The van der Waals surface area contributed by atoms with Gasteiger partial charge in [0.05, 0.1) is 6.61 Å². The van der Waals surface area contributed by atoms with Crippen LogP contribution in [0.1, 0.15) is 38.3 Å². The van der Waals surface area contributed by atoms with Crippen molar-refractivity contribution in [2.45, 2.75) is 39.5 Å². The molecule has 2 heteroatoms. The monoisotopic (exact) mass is 221 g/mol. The average Bonchev–Trinajstić information content (AvgIpc) is 2.17. The summed E-state index contributed by atoms with van der Waals surface area (Å²) in [4.78, 5) is 0. The number of nitrogens with two attached hydrogens (primary N) is 1. The molecule has 0 spiro atoms. The molecular weight excluding hydrogens is 198 g/mol. The lowest BCUT2D eigenvalue weighted by molar-refractivity contribution is 0.339. The van der Waals surface area contributed by atoms with Crippen molar-refractivity contribution >= 4 is 0 Å².